The van der Waals surface area contributed by atoms with Crippen molar-refractivity contribution < 1.29 is 9.32 Å². The Morgan fingerprint density at radius 1 is 1.16 bits per heavy atom. The number of nitrogens with one attached hydrogen (secondary N) is 2. The Morgan fingerprint density at radius 2 is 1.84 bits per heavy atom. The first-order chi connectivity index (χ1) is 14.6. The Balaban J connectivity index is 0.00000341. The van der Waals surface area contributed by atoms with Crippen LogP contribution in [0.25, 0.3) is 0 Å². The molecule has 0 amide bonds. The molecule has 0 spiro atoms. The molecule has 6 nitrogen and oxygen atoms in total. The van der Waals surface area contributed by atoms with Crippen molar-refractivity contribution in [3.63, 3.8) is 0 Å². The molecule has 1 saturated carbocycles. The molecule has 2 fully saturated rings. The zero-order valence-electron chi connectivity index (χ0n) is 18.9. The van der Waals surface area contributed by atoms with Gasteiger partial charge in [0.25, 0.3) is 0 Å². The van der Waals surface area contributed by atoms with Crippen LogP contribution in [-0.2, 0) is 23.9 Å². The Morgan fingerprint density at radius 3 is 2.48 bits per heavy atom. The summed E-state index contributed by atoms with van der Waals surface area (Å²) in [6.07, 6.45) is 5.92. The van der Waals surface area contributed by atoms with E-state index in [1.54, 1.807) is 7.05 Å². The number of hydrogen-bond donors (Lipinski definition) is 3. The largest absolute Gasteiger partial charge is 0.393 e. The second-order valence-electron chi connectivity index (χ2n) is 8.55. The maximum atomic E-state index is 12.2. The minimum Gasteiger partial charge on any atom is -0.393 e. The quantitative estimate of drug-likeness (QED) is 0.271. The predicted octanol–water partition coefficient (Wildman–Crippen LogP) is 3.01. The summed E-state index contributed by atoms with van der Waals surface area (Å²) in [6.45, 7) is 5.63. The first-order valence-electron chi connectivity index (χ1n) is 11.4. The fourth-order valence-electron chi connectivity index (χ4n) is 4.42. The van der Waals surface area contributed by atoms with Gasteiger partial charge in [-0.15, -0.1) is 24.0 Å². The molecule has 0 aromatic heterocycles. The molecule has 1 aromatic carbocycles. The van der Waals surface area contributed by atoms with E-state index >= 15 is 0 Å². The van der Waals surface area contributed by atoms with Crippen LogP contribution in [0.4, 0.5) is 0 Å². The molecule has 1 aliphatic carbocycles. The molecule has 1 aromatic rings. The standard InChI is InChI=1S/C23H38N4O2S.HI/c1-3-30(29)22-6-4-5-20(15-22)26-23(24-2)25-16-18-7-9-19(10-8-18)17-27-13-11-21(28)12-14-27;/h7-10,20-22,28H,3-6,11-17H2,1-2H3,(H2,24,25,26);1H. The van der Waals surface area contributed by atoms with Gasteiger partial charge in [0.2, 0.25) is 0 Å². The van der Waals surface area contributed by atoms with E-state index in [0.717, 1.165) is 76.4 Å². The highest BCUT2D eigenvalue weighted by Gasteiger charge is 2.26. The highest BCUT2D eigenvalue weighted by Crippen LogP contribution is 2.23. The molecular formula is C23H39IN4O2S. The van der Waals surface area contributed by atoms with Crippen LogP contribution in [0, 0.1) is 0 Å². The van der Waals surface area contributed by atoms with E-state index in [1.807, 2.05) is 6.92 Å². The third-order valence-corrected chi connectivity index (χ3v) is 8.03. The molecule has 1 saturated heterocycles. The van der Waals surface area contributed by atoms with Crippen LogP contribution in [0.3, 0.4) is 0 Å². The number of hydrogen-bond acceptors (Lipinski definition) is 4. The average Bonchev–Trinajstić information content (AvgIpc) is 2.78. The number of aliphatic imine (C=N–C) groups is 1. The van der Waals surface area contributed by atoms with Crippen molar-refractivity contribution in [3.8, 4) is 0 Å². The Bertz CT molecular complexity index is 708. The van der Waals surface area contributed by atoms with Gasteiger partial charge in [0.1, 0.15) is 0 Å². The van der Waals surface area contributed by atoms with E-state index < -0.39 is 10.8 Å². The summed E-state index contributed by atoms with van der Waals surface area (Å²) in [5.41, 5.74) is 2.54. The minimum absolute atomic E-state index is 0. The number of piperidine rings is 1. The highest BCUT2D eigenvalue weighted by molar-refractivity contribution is 14.0. The summed E-state index contributed by atoms with van der Waals surface area (Å²) >= 11 is 0. The van der Waals surface area contributed by atoms with Crippen molar-refractivity contribution >= 4 is 40.7 Å². The van der Waals surface area contributed by atoms with E-state index in [0.29, 0.717) is 11.3 Å². The van der Waals surface area contributed by atoms with Gasteiger partial charge in [-0.25, -0.2) is 0 Å². The molecule has 0 bridgehead atoms. The van der Waals surface area contributed by atoms with E-state index in [9.17, 15) is 9.32 Å². The lowest BCUT2D eigenvalue weighted by atomic mass is 9.95. The molecular weight excluding hydrogens is 523 g/mol. The van der Waals surface area contributed by atoms with Gasteiger partial charge < -0.3 is 15.7 Å². The number of halogens is 1. The lowest BCUT2D eigenvalue weighted by Crippen LogP contribution is -2.46. The van der Waals surface area contributed by atoms with Gasteiger partial charge in [0.05, 0.1) is 6.10 Å². The van der Waals surface area contributed by atoms with Gasteiger partial charge >= 0.3 is 0 Å². The van der Waals surface area contributed by atoms with Crippen molar-refractivity contribution in [3.05, 3.63) is 35.4 Å². The smallest absolute Gasteiger partial charge is 0.191 e. The van der Waals surface area contributed by atoms with Gasteiger partial charge in [0.15, 0.2) is 5.96 Å². The molecule has 31 heavy (non-hydrogen) atoms. The van der Waals surface area contributed by atoms with E-state index in [2.05, 4.69) is 44.8 Å². The lowest BCUT2D eigenvalue weighted by Gasteiger charge is -2.30. The van der Waals surface area contributed by atoms with Gasteiger partial charge in [0, 0.05) is 61.1 Å². The zero-order chi connectivity index (χ0) is 21.3. The van der Waals surface area contributed by atoms with Crippen molar-refractivity contribution in [2.75, 3.05) is 25.9 Å². The molecule has 0 radical (unpaired) electrons. The Hall–Kier alpha value is -0.710. The van der Waals surface area contributed by atoms with Gasteiger partial charge in [-0.2, -0.15) is 0 Å². The fourth-order valence-corrected chi connectivity index (χ4v) is 5.77. The topological polar surface area (TPSA) is 77.0 Å². The number of guanidine groups is 1. The SMILES string of the molecule is CCS(=O)C1CCCC(NC(=NC)NCc2ccc(CN3CCC(O)CC3)cc2)C1.I. The van der Waals surface area contributed by atoms with Gasteiger partial charge in [-0.3, -0.25) is 14.1 Å². The van der Waals surface area contributed by atoms with E-state index in [4.69, 9.17) is 0 Å². The molecule has 8 heteroatoms. The van der Waals surface area contributed by atoms with Gasteiger partial charge in [-0.05, 0) is 43.2 Å². The molecule has 2 aliphatic rings. The molecule has 176 valence electrons. The average molecular weight is 563 g/mol. The summed E-state index contributed by atoms with van der Waals surface area (Å²) in [7, 11) is 1.10. The number of aliphatic hydroxyl groups is 1. The summed E-state index contributed by atoms with van der Waals surface area (Å²) in [6, 6.07) is 9.09. The Kier molecular flexibility index (Phi) is 11.8. The Labute approximate surface area is 207 Å². The lowest BCUT2D eigenvalue weighted by molar-refractivity contribution is 0.0792. The summed E-state index contributed by atoms with van der Waals surface area (Å²) < 4.78 is 12.2. The highest BCUT2D eigenvalue weighted by atomic mass is 127. The summed E-state index contributed by atoms with van der Waals surface area (Å²) in [5, 5.41) is 16.9. The molecule has 3 N–H and O–H groups in total. The van der Waals surface area contributed by atoms with Crippen molar-refractivity contribution in [2.24, 2.45) is 4.99 Å². The molecule has 3 atom stereocenters. The third kappa shape index (κ3) is 8.63. The summed E-state index contributed by atoms with van der Waals surface area (Å²) in [4.78, 5) is 6.79. The number of aliphatic hydroxyl groups excluding tert-OH is 1. The second-order valence-corrected chi connectivity index (χ2v) is 10.6. The number of nitrogens with zero attached hydrogens (tertiary/aromatic N) is 2. The van der Waals surface area contributed by atoms with Crippen LogP contribution in [0.5, 0.6) is 0 Å². The second kappa shape index (κ2) is 13.7. The molecule has 1 heterocycles. The van der Waals surface area contributed by atoms with Crippen molar-refractivity contribution in [2.45, 2.75) is 75.9 Å². The number of rotatable bonds is 7. The minimum atomic E-state index is -0.708. The van der Waals surface area contributed by atoms with Gasteiger partial charge in [-0.1, -0.05) is 37.6 Å². The summed E-state index contributed by atoms with van der Waals surface area (Å²) in [5.74, 6) is 1.57. The van der Waals surface area contributed by atoms with Crippen LogP contribution in [0.2, 0.25) is 0 Å². The van der Waals surface area contributed by atoms with E-state index in [1.165, 1.54) is 11.1 Å². The van der Waals surface area contributed by atoms with Crippen molar-refractivity contribution in [1.82, 2.24) is 15.5 Å². The normalized spacial score (nSPS) is 24.3. The van der Waals surface area contributed by atoms with E-state index in [-0.39, 0.29) is 30.1 Å². The van der Waals surface area contributed by atoms with Crippen LogP contribution in [0.15, 0.2) is 29.3 Å². The first kappa shape index (κ1) is 26.5. The van der Waals surface area contributed by atoms with Crippen LogP contribution in [0.1, 0.15) is 56.6 Å². The van der Waals surface area contributed by atoms with Crippen LogP contribution in [-0.4, -0.2) is 63.5 Å². The molecule has 3 unspecified atom stereocenters. The maximum Gasteiger partial charge on any atom is 0.191 e. The monoisotopic (exact) mass is 562 g/mol. The number of benzene rings is 1. The molecule has 3 rings (SSSR count). The van der Waals surface area contributed by atoms with Crippen LogP contribution < -0.4 is 10.6 Å². The zero-order valence-corrected chi connectivity index (χ0v) is 22.0. The third-order valence-electron chi connectivity index (χ3n) is 6.29. The first-order valence-corrected chi connectivity index (χ1v) is 12.8. The number of likely N-dealkylation sites (tertiary alicyclic amines) is 1. The fraction of sp³-hybridized carbons (Fsp3) is 0.696. The maximum absolute atomic E-state index is 12.2. The van der Waals surface area contributed by atoms with Crippen molar-refractivity contribution in [1.29, 1.82) is 0 Å². The predicted molar refractivity (Wildman–Crippen MR) is 140 cm³/mol. The van der Waals surface area contributed by atoms with Crippen LogP contribution >= 0.6 is 24.0 Å². The molecule has 1 aliphatic heterocycles.